The lowest BCUT2D eigenvalue weighted by atomic mass is 10.0. The average Bonchev–Trinajstić information content (AvgIpc) is 2.50. The van der Waals surface area contributed by atoms with E-state index in [1.807, 2.05) is 12.1 Å². The Morgan fingerprint density at radius 2 is 1.67 bits per heavy atom. The van der Waals surface area contributed by atoms with Gasteiger partial charge in [-0.15, -0.1) is 0 Å². The highest BCUT2D eigenvalue weighted by Gasteiger charge is 2.12. The molecule has 2 aromatic rings. The number of aromatic nitrogens is 2. The highest BCUT2D eigenvalue weighted by Crippen LogP contribution is 2.20. The molecule has 0 aliphatic heterocycles. The zero-order chi connectivity index (χ0) is 15.2. The van der Waals surface area contributed by atoms with Gasteiger partial charge in [-0.2, -0.15) is 0 Å². The quantitative estimate of drug-likeness (QED) is 0.870. The second-order valence-electron chi connectivity index (χ2n) is 5.03. The van der Waals surface area contributed by atoms with Crippen molar-refractivity contribution in [3.05, 3.63) is 57.1 Å². The van der Waals surface area contributed by atoms with Crippen molar-refractivity contribution in [2.75, 3.05) is 6.54 Å². The number of benzene rings is 1. The SMILES string of the molecule is CCc1nc(Cc2ccccc2Br)nc(CC)c1CCN. The monoisotopic (exact) mass is 347 g/mol. The topological polar surface area (TPSA) is 51.8 Å². The largest absolute Gasteiger partial charge is 0.330 e. The van der Waals surface area contributed by atoms with Gasteiger partial charge in [0.1, 0.15) is 5.82 Å². The Morgan fingerprint density at radius 3 is 2.19 bits per heavy atom. The summed E-state index contributed by atoms with van der Waals surface area (Å²) in [6, 6.07) is 8.23. The lowest BCUT2D eigenvalue weighted by molar-refractivity contribution is 0.802. The lowest BCUT2D eigenvalue weighted by Gasteiger charge is -2.13. The third-order valence-electron chi connectivity index (χ3n) is 3.60. The molecule has 0 saturated carbocycles. The zero-order valence-corrected chi connectivity index (χ0v) is 14.3. The van der Waals surface area contributed by atoms with E-state index in [1.165, 1.54) is 11.1 Å². The zero-order valence-electron chi connectivity index (χ0n) is 12.7. The van der Waals surface area contributed by atoms with Gasteiger partial charge in [-0.1, -0.05) is 48.0 Å². The van der Waals surface area contributed by atoms with Crippen molar-refractivity contribution in [1.29, 1.82) is 0 Å². The summed E-state index contributed by atoms with van der Waals surface area (Å²) < 4.78 is 1.11. The minimum atomic E-state index is 0.646. The molecule has 0 aliphatic carbocycles. The number of rotatable bonds is 6. The molecule has 0 bridgehead atoms. The molecule has 0 radical (unpaired) electrons. The maximum absolute atomic E-state index is 5.73. The second-order valence-corrected chi connectivity index (χ2v) is 5.88. The summed E-state index contributed by atoms with van der Waals surface area (Å²) in [6.45, 7) is 4.93. The van der Waals surface area contributed by atoms with Crippen molar-refractivity contribution >= 4 is 15.9 Å². The fourth-order valence-corrected chi connectivity index (χ4v) is 2.97. The number of nitrogens with zero attached hydrogens (tertiary/aromatic N) is 2. The molecule has 0 amide bonds. The van der Waals surface area contributed by atoms with Gasteiger partial charge in [0, 0.05) is 22.3 Å². The minimum Gasteiger partial charge on any atom is -0.330 e. The number of hydrogen-bond acceptors (Lipinski definition) is 3. The Hall–Kier alpha value is -1.26. The van der Waals surface area contributed by atoms with Crippen molar-refractivity contribution < 1.29 is 0 Å². The molecule has 2 rings (SSSR count). The molecule has 112 valence electrons. The van der Waals surface area contributed by atoms with Gasteiger partial charge in [-0.05, 0) is 43.0 Å². The Kier molecular flexibility index (Phi) is 5.88. The van der Waals surface area contributed by atoms with Gasteiger partial charge in [0.05, 0.1) is 0 Å². The van der Waals surface area contributed by atoms with Crippen molar-refractivity contribution in [2.45, 2.75) is 39.5 Å². The fraction of sp³-hybridized carbons (Fsp3) is 0.412. The van der Waals surface area contributed by atoms with Crippen LogP contribution in [0.1, 0.15) is 42.2 Å². The Labute approximate surface area is 135 Å². The smallest absolute Gasteiger partial charge is 0.133 e. The summed E-state index contributed by atoms with van der Waals surface area (Å²) in [5, 5.41) is 0. The molecule has 21 heavy (non-hydrogen) atoms. The number of hydrogen-bond donors (Lipinski definition) is 1. The maximum atomic E-state index is 5.73. The van der Waals surface area contributed by atoms with Crippen LogP contribution < -0.4 is 5.73 Å². The summed E-state index contributed by atoms with van der Waals surface area (Å²) in [6.07, 6.45) is 3.47. The summed E-state index contributed by atoms with van der Waals surface area (Å²) >= 11 is 3.59. The average molecular weight is 348 g/mol. The molecule has 1 aromatic heterocycles. The maximum Gasteiger partial charge on any atom is 0.133 e. The molecule has 0 atom stereocenters. The highest BCUT2D eigenvalue weighted by molar-refractivity contribution is 9.10. The van der Waals surface area contributed by atoms with Gasteiger partial charge in [0.2, 0.25) is 0 Å². The molecule has 0 aliphatic rings. The van der Waals surface area contributed by atoms with E-state index in [1.54, 1.807) is 0 Å². The van der Waals surface area contributed by atoms with E-state index < -0.39 is 0 Å². The molecule has 0 spiro atoms. The van der Waals surface area contributed by atoms with Crippen molar-refractivity contribution in [3.8, 4) is 0 Å². The molecule has 0 unspecified atom stereocenters. The van der Waals surface area contributed by atoms with Crippen molar-refractivity contribution in [2.24, 2.45) is 5.73 Å². The fourth-order valence-electron chi connectivity index (χ4n) is 2.55. The van der Waals surface area contributed by atoms with E-state index in [0.717, 1.165) is 47.4 Å². The van der Waals surface area contributed by atoms with Gasteiger partial charge in [-0.25, -0.2) is 9.97 Å². The van der Waals surface area contributed by atoms with E-state index in [0.29, 0.717) is 6.54 Å². The highest BCUT2D eigenvalue weighted by atomic mass is 79.9. The summed E-state index contributed by atoms with van der Waals surface area (Å²) in [4.78, 5) is 9.53. The summed E-state index contributed by atoms with van der Waals surface area (Å²) in [5.41, 5.74) is 10.5. The van der Waals surface area contributed by atoms with E-state index in [4.69, 9.17) is 15.7 Å². The Bertz CT molecular complexity index is 586. The number of aryl methyl sites for hydroxylation is 2. The molecule has 0 saturated heterocycles. The van der Waals surface area contributed by atoms with E-state index in [9.17, 15) is 0 Å². The van der Waals surface area contributed by atoms with Crippen LogP contribution in [-0.4, -0.2) is 16.5 Å². The van der Waals surface area contributed by atoms with Crippen LogP contribution in [0, 0.1) is 0 Å². The van der Waals surface area contributed by atoms with Crippen LogP contribution in [0.4, 0.5) is 0 Å². The first-order valence-electron chi connectivity index (χ1n) is 7.50. The first kappa shape index (κ1) is 16.1. The lowest BCUT2D eigenvalue weighted by Crippen LogP contribution is -2.13. The van der Waals surface area contributed by atoms with E-state index in [-0.39, 0.29) is 0 Å². The van der Waals surface area contributed by atoms with Crippen LogP contribution in [0.3, 0.4) is 0 Å². The van der Waals surface area contributed by atoms with Crippen molar-refractivity contribution in [1.82, 2.24) is 9.97 Å². The minimum absolute atomic E-state index is 0.646. The standard InChI is InChI=1S/C17H22BrN3/c1-3-15-13(9-10-19)16(4-2)21-17(20-15)11-12-7-5-6-8-14(12)18/h5-8H,3-4,9-11,19H2,1-2H3. The molecular formula is C17H22BrN3. The normalized spacial score (nSPS) is 10.9. The van der Waals surface area contributed by atoms with Crippen LogP contribution in [0.5, 0.6) is 0 Å². The molecule has 0 fully saturated rings. The van der Waals surface area contributed by atoms with Gasteiger partial charge >= 0.3 is 0 Å². The van der Waals surface area contributed by atoms with Crippen LogP contribution in [-0.2, 0) is 25.7 Å². The van der Waals surface area contributed by atoms with Crippen LogP contribution >= 0.6 is 15.9 Å². The van der Waals surface area contributed by atoms with E-state index >= 15 is 0 Å². The van der Waals surface area contributed by atoms with Crippen molar-refractivity contribution in [3.63, 3.8) is 0 Å². The van der Waals surface area contributed by atoms with Crippen LogP contribution in [0.2, 0.25) is 0 Å². The third-order valence-corrected chi connectivity index (χ3v) is 4.37. The predicted octanol–water partition coefficient (Wildman–Crippen LogP) is 3.46. The molecule has 1 heterocycles. The van der Waals surface area contributed by atoms with Gasteiger partial charge < -0.3 is 5.73 Å². The molecule has 4 heteroatoms. The predicted molar refractivity (Wildman–Crippen MR) is 90.5 cm³/mol. The second kappa shape index (κ2) is 7.66. The first-order chi connectivity index (χ1) is 10.2. The summed E-state index contributed by atoms with van der Waals surface area (Å²) in [7, 11) is 0. The van der Waals surface area contributed by atoms with Crippen LogP contribution in [0.25, 0.3) is 0 Å². The first-order valence-corrected chi connectivity index (χ1v) is 8.29. The Morgan fingerprint density at radius 1 is 1.05 bits per heavy atom. The molecule has 3 nitrogen and oxygen atoms in total. The molecular weight excluding hydrogens is 326 g/mol. The van der Waals surface area contributed by atoms with Crippen LogP contribution in [0.15, 0.2) is 28.7 Å². The summed E-state index contributed by atoms with van der Waals surface area (Å²) in [5.74, 6) is 0.899. The number of halogens is 1. The number of nitrogens with two attached hydrogens (primary N) is 1. The Balaban J connectivity index is 2.39. The molecule has 2 N–H and O–H groups in total. The van der Waals surface area contributed by atoms with Gasteiger partial charge in [-0.3, -0.25) is 0 Å². The third kappa shape index (κ3) is 3.89. The molecule has 1 aromatic carbocycles. The van der Waals surface area contributed by atoms with E-state index in [2.05, 4.69) is 41.9 Å². The van der Waals surface area contributed by atoms with Gasteiger partial charge in [0.25, 0.3) is 0 Å². The van der Waals surface area contributed by atoms with Gasteiger partial charge in [0.15, 0.2) is 0 Å².